The van der Waals surface area contributed by atoms with Gasteiger partial charge in [-0.1, -0.05) is 11.6 Å². The number of carbonyl (C=O) groups is 1. The van der Waals surface area contributed by atoms with Crippen LogP contribution in [-0.4, -0.2) is 38.3 Å². The lowest BCUT2D eigenvalue weighted by Crippen LogP contribution is -2.38. The van der Waals surface area contributed by atoms with Gasteiger partial charge in [0.2, 0.25) is 5.75 Å². The summed E-state index contributed by atoms with van der Waals surface area (Å²) in [6, 6.07) is 3.81. The molecule has 0 aliphatic carbocycles. The number of pyridine rings is 1. The number of nitro groups is 1. The van der Waals surface area contributed by atoms with Gasteiger partial charge in [-0.2, -0.15) is 0 Å². The van der Waals surface area contributed by atoms with Crippen LogP contribution in [0.2, 0.25) is 5.02 Å². The molecule has 0 radical (unpaired) electrons. The van der Waals surface area contributed by atoms with Gasteiger partial charge >= 0.3 is 20.5 Å². The predicted octanol–water partition coefficient (Wildman–Crippen LogP) is -0.547. The van der Waals surface area contributed by atoms with Crippen molar-refractivity contribution >= 4 is 28.9 Å². The third kappa shape index (κ3) is 5.02. The molecule has 2 heterocycles. The Hall–Kier alpha value is -2.51. The van der Waals surface area contributed by atoms with Crippen LogP contribution in [-0.2, 0) is 0 Å². The maximum atomic E-state index is 12.7. The van der Waals surface area contributed by atoms with Gasteiger partial charge in [-0.3, -0.25) is 19.9 Å². The molecule has 13 heteroatoms. The van der Waals surface area contributed by atoms with Crippen molar-refractivity contribution in [3.05, 3.63) is 51.3 Å². The molecule has 2 N–H and O–H groups in total. The molecule has 0 atom stereocenters. The molecule has 11 nitrogen and oxygen atoms in total. The fourth-order valence-electron chi connectivity index (χ4n) is 2.29. The Balaban J connectivity index is 0.000000596. The molecule has 27 heavy (non-hydrogen) atoms. The zero-order valence-corrected chi connectivity index (χ0v) is 15.6. The van der Waals surface area contributed by atoms with E-state index in [0.717, 1.165) is 6.07 Å². The van der Waals surface area contributed by atoms with E-state index < -0.39 is 37.1 Å². The van der Waals surface area contributed by atoms with E-state index in [-0.39, 0.29) is 23.7 Å². The van der Waals surface area contributed by atoms with Crippen molar-refractivity contribution in [1.82, 2.24) is 4.98 Å². The summed E-state index contributed by atoms with van der Waals surface area (Å²) >= 11 is 2.39. The van der Waals surface area contributed by atoms with Gasteiger partial charge in [0.1, 0.15) is 6.61 Å². The van der Waals surface area contributed by atoms with Crippen molar-refractivity contribution in [1.29, 1.82) is 0 Å². The van der Waals surface area contributed by atoms with E-state index in [2.05, 4.69) is 4.98 Å². The molecular formula is C14H11BrClN3O8. The number of halogens is 2. The van der Waals surface area contributed by atoms with Crippen LogP contribution in [0.5, 0.6) is 11.5 Å². The van der Waals surface area contributed by atoms with E-state index in [1.54, 1.807) is 6.07 Å². The van der Waals surface area contributed by atoms with Crippen LogP contribution >= 0.6 is 11.6 Å². The molecule has 0 unspecified atom stereocenters. The Morgan fingerprint density at radius 1 is 1.41 bits per heavy atom. The summed E-state index contributed by atoms with van der Waals surface area (Å²) in [6.45, 7) is 0.556. The number of nitro benzene ring substituents is 1. The van der Waals surface area contributed by atoms with Gasteiger partial charge in [-0.25, -0.2) is 0 Å². The highest BCUT2D eigenvalue weighted by atomic mass is 80.0. The Morgan fingerprint density at radius 2 is 2.07 bits per heavy atom. The van der Waals surface area contributed by atoms with E-state index >= 15 is 0 Å². The molecule has 2 aromatic rings. The zero-order chi connectivity index (χ0) is 20.1. The minimum Gasteiger partial charge on any atom is -0.501 e. The molecule has 0 saturated carbocycles. The number of phenolic OH excluding ortho intramolecular Hbond substituents is 1. The highest BCUT2D eigenvalue weighted by molar-refractivity contribution is 6.33. The monoisotopic (exact) mass is 463 g/mol. The maximum Gasteiger partial charge on any atom is 0.433 e. The number of carbonyl (C=O) groups excluding carboxylic acids is 1. The van der Waals surface area contributed by atoms with Crippen LogP contribution in [0.4, 0.5) is 11.4 Å². The lowest BCUT2D eigenvalue weighted by atomic mass is 10.1. The Kier molecular flexibility index (Phi) is 6.87. The average Bonchev–Trinajstić information content (AvgIpc) is 2.62. The maximum absolute atomic E-state index is 12.7. The second-order valence-electron chi connectivity index (χ2n) is 4.93. The predicted molar refractivity (Wildman–Crippen MR) is 83.4 cm³/mol. The van der Waals surface area contributed by atoms with Crippen LogP contribution in [0.15, 0.2) is 30.6 Å². The summed E-state index contributed by atoms with van der Waals surface area (Å²) in [4.78, 5) is 28.2. The Morgan fingerprint density at radius 3 is 2.70 bits per heavy atom. The van der Waals surface area contributed by atoms with Crippen LogP contribution in [0.1, 0.15) is 10.4 Å². The molecule has 0 spiro atoms. The molecule has 3 rings (SSSR count). The number of phenols is 1. The number of aromatic nitrogens is 1. The van der Waals surface area contributed by atoms with E-state index in [4.69, 9.17) is 28.9 Å². The molecule has 144 valence electrons. The fourth-order valence-corrected chi connectivity index (χ4v) is 2.50. The molecule has 0 saturated heterocycles. The molecule has 1 aromatic carbocycles. The third-order valence-corrected chi connectivity index (χ3v) is 3.65. The highest BCUT2D eigenvalue weighted by Crippen LogP contribution is 2.36. The lowest BCUT2D eigenvalue weighted by Gasteiger charge is -2.29. The van der Waals surface area contributed by atoms with Crippen molar-refractivity contribution in [3.8, 4) is 11.5 Å². The first-order chi connectivity index (χ1) is 12.7. The number of anilines is 1. The number of fused-ring (bicyclic) bond motifs is 1. The smallest absolute Gasteiger partial charge is 0.433 e. The van der Waals surface area contributed by atoms with E-state index in [1.165, 1.54) is 23.4 Å². The van der Waals surface area contributed by atoms with E-state index in [9.17, 15) is 20.0 Å². The van der Waals surface area contributed by atoms with Gasteiger partial charge in [-0.05, 0) is 16.3 Å². The second kappa shape index (κ2) is 8.92. The molecule has 1 amide bonds. The van der Waals surface area contributed by atoms with Gasteiger partial charge in [-0.15, -0.1) is 0 Å². The quantitative estimate of drug-likeness (QED) is 0.437. The fraction of sp³-hybridized carbons (Fsp3) is 0.143. The van der Waals surface area contributed by atoms with Crippen molar-refractivity contribution in [2.24, 2.45) is 0 Å². The highest BCUT2D eigenvalue weighted by Gasteiger charge is 2.28. The minimum absolute atomic E-state index is 0.00385. The van der Waals surface area contributed by atoms with Gasteiger partial charge in [0.15, 0.2) is 5.75 Å². The minimum atomic E-state index is -3.40. The number of rotatable bonds is 2. The molecule has 0 bridgehead atoms. The van der Waals surface area contributed by atoms with Crippen molar-refractivity contribution in [2.75, 3.05) is 18.1 Å². The topological polar surface area (TPSA) is 172 Å². The molecule has 1 aromatic heterocycles. The third-order valence-electron chi connectivity index (χ3n) is 3.36. The van der Waals surface area contributed by atoms with Gasteiger partial charge in [0, 0.05) is 17.8 Å². The second-order valence-corrected chi connectivity index (χ2v) is 6.18. The zero-order valence-electron chi connectivity index (χ0n) is 13.2. The first-order valence-electron chi connectivity index (χ1n) is 7.02. The first-order valence-corrected chi connectivity index (χ1v) is 9.40. The number of amides is 1. The summed E-state index contributed by atoms with van der Waals surface area (Å²) in [5.41, 5.74) is -0.101. The van der Waals surface area contributed by atoms with Crippen molar-refractivity contribution in [3.63, 3.8) is 0 Å². The summed E-state index contributed by atoms with van der Waals surface area (Å²) in [6.07, 6.45) is 3.00. The van der Waals surface area contributed by atoms with Crippen LogP contribution < -0.4 is 18.0 Å². The number of ether oxygens (including phenoxy) is 1. The van der Waals surface area contributed by atoms with Crippen molar-refractivity contribution in [2.45, 2.75) is 0 Å². The van der Waals surface area contributed by atoms with E-state index in [0.29, 0.717) is 11.4 Å². The molecule has 1 aliphatic rings. The lowest BCUT2D eigenvalue weighted by molar-refractivity contribution is -1.63. The van der Waals surface area contributed by atoms with Gasteiger partial charge in [0.25, 0.3) is 5.91 Å². The average molecular weight is 465 g/mol. The summed E-state index contributed by atoms with van der Waals surface area (Å²) in [5, 5.41) is 20.3. The van der Waals surface area contributed by atoms with Crippen molar-refractivity contribution < 1.29 is 47.0 Å². The standard InChI is InChI=1S/C14H10ClN3O5.BrHO3/c15-9-5-8(6-11(13(9)19)18(21)22)14(20)17-3-4-23-12-7-16-2-1-10(12)17;2-1(3)4/h1-2,5-7,19H,3-4H2;2H. The molecule has 1 aliphatic heterocycles. The SMILES string of the molecule is O=C(c1cc(Cl)c(O)c([N+](=O)[O-])c1)N1CCOc2cnccc21.[O-][Br+2]([O-])O. The number of benzene rings is 1. The Labute approximate surface area is 162 Å². The molecule has 0 fully saturated rings. The normalized spacial score (nSPS) is 12.6. The van der Waals surface area contributed by atoms with E-state index in [1.807, 2.05) is 0 Å². The first kappa shape index (κ1) is 20.8. The number of hydrogen-bond donors (Lipinski definition) is 2. The van der Waals surface area contributed by atoms with Crippen LogP contribution in [0.25, 0.3) is 0 Å². The summed E-state index contributed by atoms with van der Waals surface area (Å²) in [7, 11) is 0. The summed E-state index contributed by atoms with van der Waals surface area (Å²) in [5.74, 6) is -0.697. The van der Waals surface area contributed by atoms with Crippen LogP contribution in [0, 0.1) is 24.9 Å². The van der Waals surface area contributed by atoms with Gasteiger partial charge in [0.05, 0.1) is 28.4 Å². The summed E-state index contributed by atoms with van der Waals surface area (Å²) < 4.78 is 29.7. The van der Waals surface area contributed by atoms with Crippen LogP contribution in [0.3, 0.4) is 0 Å². The number of aromatic hydroxyl groups is 1. The number of hydrogen-bond acceptors (Lipinski definition) is 9. The molecular weight excluding hydrogens is 454 g/mol. The van der Waals surface area contributed by atoms with Gasteiger partial charge < -0.3 is 23.1 Å². The largest absolute Gasteiger partial charge is 0.501 e. The number of nitrogens with zero attached hydrogens (tertiary/aromatic N) is 3. The Bertz CT molecular complexity index is 863.